The Hall–Kier alpha value is -0.920. The zero-order chi connectivity index (χ0) is 15.2. The van der Waals surface area contributed by atoms with E-state index in [2.05, 4.69) is 54.3 Å². The van der Waals surface area contributed by atoms with Crippen molar-refractivity contribution in [3.8, 4) is 5.75 Å². The smallest absolute Gasteiger partial charge is 0.253 e. The van der Waals surface area contributed by atoms with Gasteiger partial charge >= 0.3 is 0 Å². The third kappa shape index (κ3) is 4.52. The van der Waals surface area contributed by atoms with Crippen molar-refractivity contribution in [1.29, 1.82) is 0 Å². The summed E-state index contributed by atoms with van der Waals surface area (Å²) >= 11 is 7.07. The predicted octanol–water partition coefficient (Wildman–Crippen LogP) is 3.85. The molecular weight excluding hydrogens is 402 g/mol. The van der Waals surface area contributed by atoms with Gasteiger partial charge in [0.2, 0.25) is 5.89 Å². The average Bonchev–Trinajstić information content (AvgIpc) is 2.92. The van der Waals surface area contributed by atoms with Gasteiger partial charge in [-0.3, -0.25) is 0 Å². The van der Waals surface area contributed by atoms with Gasteiger partial charge in [0.1, 0.15) is 5.75 Å². The lowest BCUT2D eigenvalue weighted by Gasteiger charge is -2.11. The van der Waals surface area contributed by atoms with Crippen LogP contribution in [0.25, 0.3) is 0 Å². The molecule has 1 N–H and O–H groups in total. The first-order valence-electron chi connectivity index (χ1n) is 6.76. The summed E-state index contributed by atoms with van der Waals surface area (Å²) in [4.78, 5) is 0. The van der Waals surface area contributed by atoms with Gasteiger partial charge in [-0.15, -0.1) is 10.2 Å². The quantitative estimate of drug-likeness (QED) is 0.739. The molecule has 2 rings (SSSR count). The minimum atomic E-state index is 0.247. The minimum absolute atomic E-state index is 0.247. The van der Waals surface area contributed by atoms with Crippen LogP contribution in [0.3, 0.4) is 0 Å². The normalized spacial score (nSPS) is 10.9. The molecule has 114 valence electrons. The Bertz CT molecular complexity index is 579. The van der Waals surface area contributed by atoms with E-state index in [1.54, 1.807) is 0 Å². The van der Waals surface area contributed by atoms with E-state index in [-0.39, 0.29) is 6.61 Å². The third-order valence-corrected chi connectivity index (χ3v) is 3.97. The first kappa shape index (κ1) is 16.5. The van der Waals surface area contributed by atoms with Crippen molar-refractivity contribution >= 4 is 31.9 Å². The second kappa shape index (κ2) is 7.91. The summed E-state index contributed by atoms with van der Waals surface area (Å²) < 4.78 is 13.0. The summed E-state index contributed by atoms with van der Waals surface area (Å²) in [6, 6.07) is 4.07. The fourth-order valence-corrected chi connectivity index (χ4v) is 3.26. The van der Waals surface area contributed by atoms with Gasteiger partial charge in [-0.1, -0.05) is 13.8 Å². The van der Waals surface area contributed by atoms with Crippen molar-refractivity contribution in [3.05, 3.63) is 38.4 Å². The van der Waals surface area contributed by atoms with Crippen LogP contribution in [-0.4, -0.2) is 16.7 Å². The van der Waals surface area contributed by atoms with E-state index in [9.17, 15) is 0 Å². The number of nitrogens with zero attached hydrogens (tertiary/aromatic N) is 2. The lowest BCUT2D eigenvalue weighted by molar-refractivity contribution is 0.256. The second-order valence-corrected chi connectivity index (χ2v) is 6.11. The topological polar surface area (TPSA) is 60.2 Å². The highest BCUT2D eigenvalue weighted by Gasteiger charge is 2.11. The summed E-state index contributed by atoms with van der Waals surface area (Å²) in [5, 5.41) is 11.1. The van der Waals surface area contributed by atoms with Crippen molar-refractivity contribution in [2.75, 3.05) is 6.54 Å². The highest BCUT2D eigenvalue weighted by molar-refractivity contribution is 9.11. The van der Waals surface area contributed by atoms with Crippen molar-refractivity contribution in [3.63, 3.8) is 0 Å². The molecule has 0 radical (unpaired) electrons. The van der Waals surface area contributed by atoms with E-state index in [1.807, 2.05) is 19.1 Å². The number of benzene rings is 1. The molecule has 1 aromatic heterocycles. The van der Waals surface area contributed by atoms with Crippen molar-refractivity contribution < 1.29 is 9.15 Å². The molecule has 0 saturated heterocycles. The number of halogens is 2. The molecule has 0 unspecified atom stereocenters. The van der Waals surface area contributed by atoms with Gasteiger partial charge in [0.25, 0.3) is 5.89 Å². The molecular formula is C14H17Br2N3O2. The van der Waals surface area contributed by atoms with E-state index in [0.29, 0.717) is 11.8 Å². The third-order valence-electron chi connectivity index (χ3n) is 2.79. The number of hydrogen-bond acceptors (Lipinski definition) is 5. The van der Waals surface area contributed by atoms with Crippen LogP contribution in [0.2, 0.25) is 0 Å². The molecule has 0 aliphatic rings. The summed E-state index contributed by atoms with van der Waals surface area (Å²) in [5.41, 5.74) is 1.18. The molecule has 0 spiro atoms. The standard InChI is InChI=1S/C14H17Br2N3O2/c1-3-12-18-19-13(21-12)8-20-14-10(15)5-9(6-11(14)16)7-17-4-2/h5-6,17H,3-4,7-8H2,1-2H3. The van der Waals surface area contributed by atoms with Gasteiger partial charge in [0, 0.05) is 13.0 Å². The Morgan fingerprint density at radius 3 is 2.38 bits per heavy atom. The average molecular weight is 419 g/mol. The summed E-state index contributed by atoms with van der Waals surface area (Å²) in [5.74, 6) is 1.82. The van der Waals surface area contributed by atoms with Crippen LogP contribution in [0.15, 0.2) is 25.5 Å². The Kier molecular flexibility index (Phi) is 6.20. The maximum atomic E-state index is 5.76. The lowest BCUT2D eigenvalue weighted by Crippen LogP contribution is -2.11. The van der Waals surface area contributed by atoms with Gasteiger partial charge in [-0.25, -0.2) is 0 Å². The van der Waals surface area contributed by atoms with Crippen LogP contribution in [0, 0.1) is 0 Å². The van der Waals surface area contributed by atoms with Gasteiger partial charge in [0.15, 0.2) is 6.61 Å². The molecule has 0 aliphatic carbocycles. The number of nitrogens with one attached hydrogen (secondary N) is 1. The highest BCUT2D eigenvalue weighted by Crippen LogP contribution is 2.35. The second-order valence-electron chi connectivity index (χ2n) is 4.40. The maximum Gasteiger partial charge on any atom is 0.253 e. The van der Waals surface area contributed by atoms with Crippen molar-refractivity contribution in [2.45, 2.75) is 33.4 Å². The molecule has 1 aromatic carbocycles. The predicted molar refractivity (Wildman–Crippen MR) is 87.2 cm³/mol. The molecule has 21 heavy (non-hydrogen) atoms. The molecule has 0 aliphatic heterocycles. The molecule has 0 atom stereocenters. The molecule has 2 aromatic rings. The number of rotatable bonds is 7. The lowest BCUT2D eigenvalue weighted by atomic mass is 10.2. The van der Waals surface area contributed by atoms with Crippen LogP contribution >= 0.6 is 31.9 Å². The molecule has 1 heterocycles. The van der Waals surface area contributed by atoms with Gasteiger partial charge < -0.3 is 14.5 Å². The molecule has 5 nitrogen and oxygen atoms in total. The SMILES string of the molecule is CCNCc1cc(Br)c(OCc2nnc(CC)o2)c(Br)c1. The number of ether oxygens (including phenoxy) is 1. The molecule has 0 saturated carbocycles. The monoisotopic (exact) mass is 417 g/mol. The van der Waals surface area contributed by atoms with Gasteiger partial charge in [0.05, 0.1) is 8.95 Å². The van der Waals surface area contributed by atoms with E-state index >= 15 is 0 Å². The Morgan fingerprint density at radius 2 is 1.81 bits per heavy atom. The van der Waals surface area contributed by atoms with Crippen LogP contribution in [0.5, 0.6) is 5.75 Å². The van der Waals surface area contributed by atoms with Crippen molar-refractivity contribution in [1.82, 2.24) is 15.5 Å². The Morgan fingerprint density at radius 1 is 1.14 bits per heavy atom. The van der Waals surface area contributed by atoms with Gasteiger partial charge in [-0.05, 0) is 56.1 Å². The van der Waals surface area contributed by atoms with E-state index in [4.69, 9.17) is 9.15 Å². The molecule has 7 heteroatoms. The zero-order valence-electron chi connectivity index (χ0n) is 11.9. The summed E-state index contributed by atoms with van der Waals surface area (Å²) in [6.45, 7) is 6.05. The molecule has 0 amide bonds. The zero-order valence-corrected chi connectivity index (χ0v) is 15.1. The number of hydrogen-bond donors (Lipinski definition) is 1. The Labute approximate surface area is 140 Å². The van der Waals surface area contributed by atoms with Crippen molar-refractivity contribution in [2.24, 2.45) is 0 Å². The maximum absolute atomic E-state index is 5.76. The van der Waals surface area contributed by atoms with E-state index in [1.165, 1.54) is 5.56 Å². The molecule has 0 fully saturated rings. The van der Waals surface area contributed by atoms with E-state index < -0.39 is 0 Å². The Balaban J connectivity index is 2.05. The van der Waals surface area contributed by atoms with Crippen LogP contribution < -0.4 is 10.1 Å². The fourth-order valence-electron chi connectivity index (χ4n) is 1.75. The van der Waals surface area contributed by atoms with E-state index in [0.717, 1.165) is 34.2 Å². The first-order chi connectivity index (χ1) is 10.1. The van der Waals surface area contributed by atoms with Crippen LogP contribution in [0.1, 0.15) is 31.2 Å². The number of aromatic nitrogens is 2. The largest absolute Gasteiger partial charge is 0.481 e. The molecule has 0 bridgehead atoms. The fraction of sp³-hybridized carbons (Fsp3) is 0.429. The number of aryl methyl sites for hydroxylation is 1. The summed E-state index contributed by atoms with van der Waals surface area (Å²) in [6.07, 6.45) is 0.722. The highest BCUT2D eigenvalue weighted by atomic mass is 79.9. The summed E-state index contributed by atoms with van der Waals surface area (Å²) in [7, 11) is 0. The first-order valence-corrected chi connectivity index (χ1v) is 8.35. The van der Waals surface area contributed by atoms with Gasteiger partial charge in [-0.2, -0.15) is 0 Å². The van der Waals surface area contributed by atoms with Crippen LogP contribution in [-0.2, 0) is 19.6 Å². The minimum Gasteiger partial charge on any atom is -0.481 e. The van der Waals surface area contributed by atoms with Crippen LogP contribution in [0.4, 0.5) is 0 Å².